The molecule has 0 amide bonds. The van der Waals surface area contributed by atoms with E-state index in [1.165, 1.54) is 11.1 Å². The molecule has 1 aliphatic heterocycles. The lowest BCUT2D eigenvalue weighted by Gasteiger charge is -2.36. The fourth-order valence-electron chi connectivity index (χ4n) is 3.99. The van der Waals surface area contributed by atoms with Crippen LogP contribution < -0.4 is 5.32 Å². The van der Waals surface area contributed by atoms with Gasteiger partial charge in [0.15, 0.2) is 5.82 Å². The zero-order valence-corrected chi connectivity index (χ0v) is 15.6. The molecule has 25 heavy (non-hydrogen) atoms. The van der Waals surface area contributed by atoms with Crippen molar-refractivity contribution in [2.75, 3.05) is 0 Å². The van der Waals surface area contributed by atoms with Crippen molar-refractivity contribution in [1.82, 2.24) is 20.1 Å². The molecule has 1 aromatic heterocycles. The first-order valence-electron chi connectivity index (χ1n) is 9.13. The van der Waals surface area contributed by atoms with Crippen LogP contribution in [0.3, 0.4) is 0 Å². The van der Waals surface area contributed by atoms with E-state index in [1.54, 1.807) is 6.33 Å². The molecule has 4 rings (SSSR count). The Morgan fingerprint density at radius 1 is 1.28 bits per heavy atom. The normalized spacial score (nSPS) is 26.2. The van der Waals surface area contributed by atoms with Crippen molar-refractivity contribution in [3.05, 3.63) is 41.5 Å². The summed E-state index contributed by atoms with van der Waals surface area (Å²) in [6.45, 7) is 5.74. The summed E-state index contributed by atoms with van der Waals surface area (Å²) in [7, 11) is 0. The van der Waals surface area contributed by atoms with E-state index in [4.69, 9.17) is 16.3 Å². The van der Waals surface area contributed by atoms with Crippen molar-refractivity contribution in [3.8, 4) is 5.69 Å². The van der Waals surface area contributed by atoms with E-state index in [2.05, 4.69) is 52.1 Å². The minimum absolute atomic E-state index is 0.282. The fraction of sp³-hybridized carbons (Fsp3) is 0.579. The topological polar surface area (TPSA) is 52.0 Å². The SMILES string of the molecule is CC(C)OC1CCC(Cl)(c2ccc3c(c2)CNCc2nncn2-3)CC1. The molecule has 1 N–H and O–H groups in total. The van der Waals surface area contributed by atoms with Gasteiger partial charge >= 0.3 is 0 Å². The number of alkyl halides is 1. The Kier molecular flexibility index (Phi) is 4.56. The number of halogens is 1. The molecule has 0 radical (unpaired) electrons. The summed E-state index contributed by atoms with van der Waals surface area (Å²) in [4.78, 5) is -0.284. The van der Waals surface area contributed by atoms with E-state index in [0.29, 0.717) is 6.10 Å². The average molecular weight is 361 g/mol. The van der Waals surface area contributed by atoms with Crippen LogP contribution in [0.5, 0.6) is 0 Å². The first kappa shape index (κ1) is 17.0. The number of ether oxygens (including phenoxy) is 1. The van der Waals surface area contributed by atoms with Crippen molar-refractivity contribution in [2.45, 2.75) is 69.7 Å². The van der Waals surface area contributed by atoms with Crippen LogP contribution in [0.2, 0.25) is 0 Å². The lowest BCUT2D eigenvalue weighted by Crippen LogP contribution is -2.31. The Bertz CT molecular complexity index is 750. The van der Waals surface area contributed by atoms with Crippen LogP contribution in [0.15, 0.2) is 24.5 Å². The molecular weight excluding hydrogens is 336 g/mol. The molecule has 1 fully saturated rings. The molecule has 1 saturated carbocycles. The van der Waals surface area contributed by atoms with Crippen molar-refractivity contribution < 1.29 is 4.74 Å². The van der Waals surface area contributed by atoms with Gasteiger partial charge in [0.05, 0.1) is 29.3 Å². The zero-order chi connectivity index (χ0) is 17.4. The molecule has 0 spiro atoms. The number of benzene rings is 1. The van der Waals surface area contributed by atoms with Crippen LogP contribution in [0.4, 0.5) is 0 Å². The lowest BCUT2D eigenvalue weighted by atomic mass is 9.81. The molecule has 5 nitrogen and oxygen atoms in total. The first-order chi connectivity index (χ1) is 12.0. The summed E-state index contributed by atoms with van der Waals surface area (Å²) in [5.74, 6) is 0.943. The highest BCUT2D eigenvalue weighted by Gasteiger charge is 2.36. The zero-order valence-electron chi connectivity index (χ0n) is 14.8. The van der Waals surface area contributed by atoms with Gasteiger partial charge in [0.2, 0.25) is 0 Å². The third kappa shape index (κ3) is 3.33. The van der Waals surface area contributed by atoms with Crippen molar-refractivity contribution in [1.29, 1.82) is 0 Å². The standard InChI is InChI=1S/C19H25ClN4O/c1-13(2)25-16-5-7-19(20,8-6-16)15-3-4-17-14(9-15)10-21-11-18-23-22-12-24(17)18/h3-4,9,12-13,16,21H,5-8,10-11H2,1-2H3. The highest BCUT2D eigenvalue weighted by atomic mass is 35.5. The molecule has 1 aliphatic carbocycles. The third-order valence-electron chi connectivity index (χ3n) is 5.26. The number of nitrogens with zero attached hydrogens (tertiary/aromatic N) is 3. The minimum Gasteiger partial charge on any atom is -0.376 e. The number of nitrogens with one attached hydrogen (secondary N) is 1. The quantitative estimate of drug-likeness (QED) is 0.848. The van der Waals surface area contributed by atoms with Crippen LogP contribution in [-0.2, 0) is 22.7 Å². The lowest BCUT2D eigenvalue weighted by molar-refractivity contribution is -0.0174. The van der Waals surface area contributed by atoms with E-state index in [-0.39, 0.29) is 11.0 Å². The Balaban J connectivity index is 1.58. The Hall–Kier alpha value is -1.43. The molecular formula is C19H25ClN4O. The number of fused-ring (bicyclic) bond motifs is 3. The van der Waals surface area contributed by atoms with Crippen LogP contribution in [0.25, 0.3) is 5.69 Å². The predicted molar refractivity (Wildman–Crippen MR) is 97.9 cm³/mol. The first-order valence-corrected chi connectivity index (χ1v) is 9.51. The summed E-state index contributed by atoms with van der Waals surface area (Å²) < 4.78 is 8.03. The predicted octanol–water partition coefficient (Wildman–Crippen LogP) is 3.67. The summed E-state index contributed by atoms with van der Waals surface area (Å²) in [5, 5.41) is 11.6. The smallest absolute Gasteiger partial charge is 0.151 e. The molecule has 2 aliphatic rings. The summed E-state index contributed by atoms with van der Waals surface area (Å²) >= 11 is 7.06. The average Bonchev–Trinajstić information content (AvgIpc) is 2.98. The Morgan fingerprint density at radius 2 is 2.08 bits per heavy atom. The molecule has 0 atom stereocenters. The highest BCUT2D eigenvalue weighted by molar-refractivity contribution is 6.24. The van der Waals surface area contributed by atoms with Gasteiger partial charge in [-0.1, -0.05) is 12.1 Å². The van der Waals surface area contributed by atoms with Gasteiger partial charge in [0.1, 0.15) is 6.33 Å². The van der Waals surface area contributed by atoms with Crippen LogP contribution in [-0.4, -0.2) is 27.0 Å². The number of aromatic nitrogens is 3. The molecule has 2 aromatic rings. The number of hydrogen-bond donors (Lipinski definition) is 1. The fourth-order valence-corrected chi connectivity index (χ4v) is 4.32. The van der Waals surface area contributed by atoms with Gasteiger partial charge in [0.25, 0.3) is 0 Å². The van der Waals surface area contributed by atoms with E-state index in [0.717, 1.165) is 50.3 Å². The van der Waals surface area contributed by atoms with E-state index in [9.17, 15) is 0 Å². The highest BCUT2D eigenvalue weighted by Crippen LogP contribution is 2.44. The third-order valence-corrected chi connectivity index (χ3v) is 5.86. The second-order valence-corrected chi connectivity index (χ2v) is 8.14. The maximum atomic E-state index is 7.06. The molecule has 0 unspecified atom stereocenters. The maximum absolute atomic E-state index is 7.06. The Morgan fingerprint density at radius 3 is 2.84 bits per heavy atom. The molecule has 134 valence electrons. The van der Waals surface area contributed by atoms with Crippen LogP contribution in [0, 0.1) is 0 Å². The van der Waals surface area contributed by atoms with Gasteiger partial charge in [0, 0.05) is 6.54 Å². The van der Waals surface area contributed by atoms with Crippen molar-refractivity contribution in [3.63, 3.8) is 0 Å². The van der Waals surface area contributed by atoms with Gasteiger partial charge in [-0.05, 0) is 56.7 Å². The molecule has 2 heterocycles. The monoisotopic (exact) mass is 360 g/mol. The molecule has 0 bridgehead atoms. The van der Waals surface area contributed by atoms with Crippen LogP contribution in [0.1, 0.15) is 56.5 Å². The van der Waals surface area contributed by atoms with Crippen LogP contribution >= 0.6 is 11.6 Å². The number of hydrogen-bond acceptors (Lipinski definition) is 4. The summed E-state index contributed by atoms with van der Waals surface area (Å²) in [6.07, 6.45) is 6.36. The molecule has 1 aromatic carbocycles. The van der Waals surface area contributed by atoms with Gasteiger partial charge < -0.3 is 10.1 Å². The Labute approximate surface area is 153 Å². The molecule has 0 saturated heterocycles. The second-order valence-electron chi connectivity index (χ2n) is 7.41. The second kappa shape index (κ2) is 6.71. The molecule has 6 heteroatoms. The van der Waals surface area contributed by atoms with E-state index < -0.39 is 0 Å². The van der Waals surface area contributed by atoms with E-state index >= 15 is 0 Å². The van der Waals surface area contributed by atoms with Gasteiger partial charge in [-0.15, -0.1) is 21.8 Å². The van der Waals surface area contributed by atoms with Gasteiger partial charge in [-0.3, -0.25) is 4.57 Å². The summed E-state index contributed by atoms with van der Waals surface area (Å²) in [5.41, 5.74) is 3.61. The minimum atomic E-state index is -0.284. The van der Waals surface area contributed by atoms with Gasteiger partial charge in [-0.25, -0.2) is 0 Å². The largest absolute Gasteiger partial charge is 0.376 e. The van der Waals surface area contributed by atoms with E-state index in [1.807, 2.05) is 0 Å². The summed E-state index contributed by atoms with van der Waals surface area (Å²) in [6, 6.07) is 6.59. The van der Waals surface area contributed by atoms with Crippen molar-refractivity contribution >= 4 is 11.6 Å². The maximum Gasteiger partial charge on any atom is 0.151 e. The number of rotatable bonds is 3. The van der Waals surface area contributed by atoms with Gasteiger partial charge in [-0.2, -0.15) is 0 Å². The van der Waals surface area contributed by atoms with Crippen molar-refractivity contribution in [2.24, 2.45) is 0 Å².